The minimum atomic E-state index is -3.65. The van der Waals surface area contributed by atoms with E-state index in [9.17, 15) is 13.2 Å². The van der Waals surface area contributed by atoms with Crippen LogP contribution in [0.3, 0.4) is 0 Å². The van der Waals surface area contributed by atoms with E-state index in [1.165, 1.54) is 5.56 Å². The Morgan fingerprint density at radius 2 is 1.90 bits per heavy atom. The topological polar surface area (TPSA) is 78.8 Å². The van der Waals surface area contributed by atoms with Gasteiger partial charge in [0.1, 0.15) is 4.90 Å². The number of carbonyl (C=O) groups excluding carboxylic acids is 1. The monoisotopic (exact) mass is 425 g/mol. The molecular weight excluding hydrogens is 398 g/mol. The molecule has 0 aromatic heterocycles. The maximum Gasteiger partial charge on any atom is 0.285 e. The lowest BCUT2D eigenvalue weighted by Gasteiger charge is -2.34. The first kappa shape index (κ1) is 20.6. The zero-order valence-electron chi connectivity index (χ0n) is 17.1. The van der Waals surface area contributed by atoms with E-state index in [1.807, 2.05) is 36.1 Å². The summed E-state index contributed by atoms with van der Waals surface area (Å²) in [6.45, 7) is 3.22. The number of sulfonamides is 1. The van der Waals surface area contributed by atoms with E-state index in [2.05, 4.69) is 21.8 Å². The van der Waals surface area contributed by atoms with Crippen LogP contribution < -0.4 is 5.32 Å². The number of amides is 1. The maximum atomic E-state index is 12.9. The van der Waals surface area contributed by atoms with Crippen LogP contribution in [0, 0.1) is 5.92 Å². The third-order valence-electron chi connectivity index (χ3n) is 5.80. The molecule has 2 atom stereocenters. The summed E-state index contributed by atoms with van der Waals surface area (Å²) in [6.07, 6.45) is 3.43. The van der Waals surface area contributed by atoms with Gasteiger partial charge >= 0.3 is 0 Å². The van der Waals surface area contributed by atoms with Crippen LogP contribution in [0.25, 0.3) is 0 Å². The third kappa shape index (κ3) is 4.41. The molecule has 2 aliphatic heterocycles. The molecule has 0 aliphatic carbocycles. The molecule has 1 saturated heterocycles. The van der Waals surface area contributed by atoms with E-state index in [1.54, 1.807) is 18.2 Å². The number of hydrogen-bond donors (Lipinski definition) is 1. The molecule has 1 N–H and O–H groups in total. The van der Waals surface area contributed by atoms with Crippen LogP contribution in [0.5, 0.6) is 0 Å². The second-order valence-electron chi connectivity index (χ2n) is 8.11. The number of hydrogen-bond acceptors (Lipinski definition) is 4. The Balaban J connectivity index is 1.38. The van der Waals surface area contributed by atoms with Gasteiger partial charge in [-0.1, -0.05) is 42.5 Å². The van der Waals surface area contributed by atoms with Crippen molar-refractivity contribution in [2.24, 2.45) is 10.3 Å². The number of piperidine rings is 1. The molecule has 6 nitrogen and oxygen atoms in total. The van der Waals surface area contributed by atoms with Crippen molar-refractivity contribution in [2.75, 3.05) is 13.1 Å². The van der Waals surface area contributed by atoms with Crippen LogP contribution in [0.1, 0.15) is 37.3 Å². The number of aryl methyl sites for hydroxylation is 1. The Morgan fingerprint density at radius 3 is 2.70 bits per heavy atom. The number of amidine groups is 1. The van der Waals surface area contributed by atoms with Gasteiger partial charge in [-0.2, -0.15) is 8.42 Å². The zero-order chi connectivity index (χ0) is 21.1. The number of nitrogens with one attached hydrogen (secondary N) is 1. The smallest absolute Gasteiger partial charge is 0.285 e. The number of carbonyl (C=O) groups is 1. The number of fused-ring (bicyclic) bond motifs is 1. The van der Waals surface area contributed by atoms with Crippen LogP contribution in [0.4, 0.5) is 0 Å². The molecule has 0 bridgehead atoms. The zero-order valence-corrected chi connectivity index (χ0v) is 17.9. The molecular formula is C23H27N3O3S. The molecule has 2 aliphatic rings. The van der Waals surface area contributed by atoms with Crippen LogP contribution >= 0.6 is 0 Å². The molecule has 30 heavy (non-hydrogen) atoms. The number of benzene rings is 2. The number of likely N-dealkylation sites (tertiary alicyclic amines) is 1. The predicted molar refractivity (Wildman–Crippen MR) is 117 cm³/mol. The van der Waals surface area contributed by atoms with Crippen LogP contribution in [0.2, 0.25) is 0 Å². The summed E-state index contributed by atoms with van der Waals surface area (Å²) in [7, 11) is -3.65. The summed E-state index contributed by atoms with van der Waals surface area (Å²) in [4.78, 5) is 15.1. The first-order chi connectivity index (χ1) is 14.4. The number of nitrogens with zero attached hydrogens (tertiary/aromatic N) is 2. The summed E-state index contributed by atoms with van der Waals surface area (Å²) < 4.78 is 28.7. The van der Waals surface area contributed by atoms with Crippen molar-refractivity contribution in [2.45, 2.75) is 43.5 Å². The van der Waals surface area contributed by atoms with Crippen LogP contribution in [0.15, 0.2) is 63.9 Å². The summed E-state index contributed by atoms with van der Waals surface area (Å²) >= 11 is 0. The Labute approximate surface area is 178 Å². The SMILES string of the molecule is C[C@@H](CCc1ccccc1)NC(=O)[C@@H]1CCCN(C2=NS(=O)(=O)c3ccccc32)C1. The highest BCUT2D eigenvalue weighted by Gasteiger charge is 2.35. The maximum absolute atomic E-state index is 12.9. The number of rotatable bonds is 5. The van der Waals surface area contributed by atoms with Gasteiger partial charge in [0, 0.05) is 24.7 Å². The fourth-order valence-corrected chi connectivity index (χ4v) is 5.39. The summed E-state index contributed by atoms with van der Waals surface area (Å²) in [6, 6.07) is 17.2. The Morgan fingerprint density at radius 1 is 1.17 bits per heavy atom. The van der Waals surface area contributed by atoms with Gasteiger partial charge in [-0.15, -0.1) is 4.40 Å². The Kier molecular flexibility index (Phi) is 5.90. The Hall–Kier alpha value is -2.67. The van der Waals surface area contributed by atoms with Crippen molar-refractivity contribution in [3.05, 3.63) is 65.7 Å². The first-order valence-electron chi connectivity index (χ1n) is 10.5. The van der Waals surface area contributed by atoms with E-state index < -0.39 is 10.0 Å². The van der Waals surface area contributed by atoms with E-state index >= 15 is 0 Å². The molecule has 1 fully saturated rings. The summed E-state index contributed by atoms with van der Waals surface area (Å²) in [5, 5.41) is 3.14. The standard InChI is InChI=1S/C23H27N3O3S/c1-17(13-14-18-8-3-2-4-9-18)24-23(27)19-10-7-15-26(16-19)22-20-11-5-6-12-21(20)30(28,29)25-22/h2-6,8-9,11-12,17,19H,7,10,13-16H2,1H3,(H,24,27)/t17-,19+/m0/s1. The second-order valence-corrected chi connectivity index (χ2v) is 9.68. The largest absolute Gasteiger partial charge is 0.355 e. The highest BCUT2D eigenvalue weighted by atomic mass is 32.2. The lowest BCUT2D eigenvalue weighted by Crippen LogP contribution is -2.47. The fourth-order valence-electron chi connectivity index (χ4n) is 4.16. The van der Waals surface area contributed by atoms with Gasteiger partial charge in [0.2, 0.25) is 5.91 Å². The van der Waals surface area contributed by atoms with Crippen molar-refractivity contribution >= 4 is 21.8 Å². The summed E-state index contributed by atoms with van der Waals surface area (Å²) in [5.74, 6) is 0.339. The van der Waals surface area contributed by atoms with Gasteiger partial charge in [0.25, 0.3) is 10.0 Å². The molecule has 0 radical (unpaired) electrons. The molecule has 2 aromatic rings. The average Bonchev–Trinajstić information content (AvgIpc) is 3.04. The molecule has 0 unspecified atom stereocenters. The lowest BCUT2D eigenvalue weighted by molar-refractivity contribution is -0.126. The van der Waals surface area contributed by atoms with Gasteiger partial charge in [-0.05, 0) is 50.3 Å². The molecule has 7 heteroatoms. The molecule has 2 heterocycles. The summed E-state index contributed by atoms with van der Waals surface area (Å²) in [5.41, 5.74) is 1.90. The van der Waals surface area contributed by atoms with Gasteiger partial charge in [0.15, 0.2) is 5.84 Å². The third-order valence-corrected chi connectivity index (χ3v) is 7.13. The van der Waals surface area contributed by atoms with Gasteiger partial charge < -0.3 is 10.2 Å². The van der Waals surface area contributed by atoms with Crippen LogP contribution in [-0.4, -0.2) is 44.2 Å². The van der Waals surface area contributed by atoms with Crippen molar-refractivity contribution in [3.63, 3.8) is 0 Å². The van der Waals surface area contributed by atoms with E-state index in [0.29, 0.717) is 24.5 Å². The quantitative estimate of drug-likeness (QED) is 0.799. The normalized spacial score (nSPS) is 20.9. The minimum Gasteiger partial charge on any atom is -0.355 e. The average molecular weight is 426 g/mol. The van der Waals surface area contributed by atoms with Crippen molar-refractivity contribution in [3.8, 4) is 0 Å². The molecule has 1 amide bonds. The second kappa shape index (κ2) is 8.60. The van der Waals surface area contributed by atoms with Crippen molar-refractivity contribution in [1.29, 1.82) is 0 Å². The minimum absolute atomic E-state index is 0.0370. The molecule has 2 aromatic carbocycles. The first-order valence-corrected chi connectivity index (χ1v) is 11.9. The predicted octanol–water partition coefficient (Wildman–Crippen LogP) is 2.99. The van der Waals surface area contributed by atoms with Crippen molar-refractivity contribution < 1.29 is 13.2 Å². The Bertz CT molecular complexity index is 1050. The molecule has 158 valence electrons. The highest BCUT2D eigenvalue weighted by molar-refractivity contribution is 7.90. The van der Waals surface area contributed by atoms with E-state index in [4.69, 9.17) is 0 Å². The molecule has 0 spiro atoms. The van der Waals surface area contributed by atoms with Gasteiger partial charge in [0.05, 0.1) is 5.92 Å². The van der Waals surface area contributed by atoms with Crippen molar-refractivity contribution in [1.82, 2.24) is 10.2 Å². The van der Waals surface area contributed by atoms with E-state index in [0.717, 1.165) is 25.7 Å². The van der Waals surface area contributed by atoms with Gasteiger partial charge in [-0.3, -0.25) is 4.79 Å². The van der Waals surface area contributed by atoms with E-state index in [-0.39, 0.29) is 22.8 Å². The highest BCUT2D eigenvalue weighted by Crippen LogP contribution is 2.29. The lowest BCUT2D eigenvalue weighted by atomic mass is 9.95. The fraction of sp³-hybridized carbons (Fsp3) is 0.391. The van der Waals surface area contributed by atoms with Crippen LogP contribution in [-0.2, 0) is 21.2 Å². The molecule has 4 rings (SSSR count). The molecule has 0 saturated carbocycles. The van der Waals surface area contributed by atoms with Gasteiger partial charge in [-0.25, -0.2) is 0 Å².